The number of pyridine rings is 1. The van der Waals surface area contributed by atoms with Gasteiger partial charge >= 0.3 is 0 Å². The maximum Gasteiger partial charge on any atom is 0.230 e. The molecule has 1 atom stereocenters. The van der Waals surface area contributed by atoms with Crippen LogP contribution in [0, 0.1) is 5.41 Å². The molecule has 0 bridgehead atoms. The van der Waals surface area contributed by atoms with E-state index < -0.39 is 0 Å². The minimum atomic E-state index is -0.187. The quantitative estimate of drug-likeness (QED) is 0.853. The molecule has 0 aliphatic carbocycles. The number of nitrogens with zero attached hydrogens (tertiary/aromatic N) is 5. The van der Waals surface area contributed by atoms with Crippen LogP contribution in [-0.2, 0) is 24.9 Å². The topological polar surface area (TPSA) is 54.3 Å². The van der Waals surface area contributed by atoms with Gasteiger partial charge in [0.05, 0.1) is 11.6 Å². The third-order valence-electron chi connectivity index (χ3n) is 5.54. The summed E-state index contributed by atoms with van der Waals surface area (Å²) in [4.78, 5) is 21.7. The fraction of sp³-hybridized carbons (Fsp3) is 0.526. The normalized spacial score (nSPS) is 24.4. The fourth-order valence-corrected chi connectivity index (χ4v) is 4.30. The number of likely N-dealkylation sites (tertiary alicyclic amines) is 2. The summed E-state index contributed by atoms with van der Waals surface area (Å²) in [7, 11) is 1.94. The lowest BCUT2D eigenvalue weighted by Crippen LogP contribution is -2.47. The van der Waals surface area contributed by atoms with E-state index >= 15 is 0 Å². The molecule has 0 N–H and O–H groups in total. The molecule has 0 unspecified atom stereocenters. The van der Waals surface area contributed by atoms with Crippen molar-refractivity contribution in [1.82, 2.24) is 24.6 Å². The summed E-state index contributed by atoms with van der Waals surface area (Å²) >= 11 is 0. The number of aryl methyl sites for hydroxylation is 1. The van der Waals surface area contributed by atoms with Crippen LogP contribution in [0.25, 0.3) is 0 Å². The van der Waals surface area contributed by atoms with Crippen molar-refractivity contribution in [1.29, 1.82) is 0 Å². The van der Waals surface area contributed by atoms with Gasteiger partial charge in [-0.05, 0) is 43.5 Å². The molecule has 6 heteroatoms. The molecule has 1 amide bonds. The van der Waals surface area contributed by atoms with Crippen molar-refractivity contribution in [2.75, 3.05) is 19.6 Å². The molecule has 4 rings (SSSR count). The molecule has 0 aromatic carbocycles. The molecular weight excluding hydrogens is 314 g/mol. The zero-order valence-electron chi connectivity index (χ0n) is 14.8. The highest BCUT2D eigenvalue weighted by molar-refractivity contribution is 5.85. The van der Waals surface area contributed by atoms with Crippen LogP contribution >= 0.6 is 0 Å². The van der Waals surface area contributed by atoms with E-state index in [1.165, 1.54) is 5.56 Å². The number of aromatic nitrogens is 3. The van der Waals surface area contributed by atoms with Crippen LogP contribution in [0.3, 0.4) is 0 Å². The first-order valence-corrected chi connectivity index (χ1v) is 9.03. The molecule has 4 heterocycles. The predicted octanol–water partition coefficient (Wildman–Crippen LogP) is 1.83. The van der Waals surface area contributed by atoms with Crippen LogP contribution in [0.15, 0.2) is 36.9 Å². The molecule has 1 spiro atoms. The van der Waals surface area contributed by atoms with Crippen LogP contribution in [-0.4, -0.2) is 50.1 Å². The van der Waals surface area contributed by atoms with Crippen molar-refractivity contribution in [2.24, 2.45) is 12.5 Å². The van der Waals surface area contributed by atoms with Crippen LogP contribution in [0.1, 0.15) is 30.4 Å². The number of rotatable bonds is 4. The van der Waals surface area contributed by atoms with Gasteiger partial charge in [-0.2, -0.15) is 5.10 Å². The van der Waals surface area contributed by atoms with Gasteiger partial charge in [-0.1, -0.05) is 0 Å². The van der Waals surface area contributed by atoms with E-state index in [4.69, 9.17) is 0 Å². The Bertz CT molecular complexity index is 743. The summed E-state index contributed by atoms with van der Waals surface area (Å²) in [5, 5.41) is 4.25. The van der Waals surface area contributed by atoms with Gasteiger partial charge in [0.1, 0.15) is 0 Å². The monoisotopic (exact) mass is 339 g/mol. The molecule has 132 valence electrons. The fourth-order valence-electron chi connectivity index (χ4n) is 4.30. The van der Waals surface area contributed by atoms with Gasteiger partial charge < -0.3 is 4.90 Å². The smallest absolute Gasteiger partial charge is 0.230 e. The minimum absolute atomic E-state index is 0.187. The number of carbonyl (C=O) groups is 1. The molecule has 25 heavy (non-hydrogen) atoms. The Balaban J connectivity index is 1.43. The SMILES string of the molecule is Cn1cc(CN2CCC[C@@]3(CCN(Cc4ccncc4)C3=O)C2)cn1. The van der Waals surface area contributed by atoms with Gasteiger partial charge in [0.15, 0.2) is 0 Å². The van der Waals surface area contributed by atoms with Gasteiger partial charge in [-0.3, -0.25) is 19.4 Å². The molecule has 6 nitrogen and oxygen atoms in total. The Morgan fingerprint density at radius 2 is 1.96 bits per heavy atom. The van der Waals surface area contributed by atoms with E-state index in [1.807, 2.05) is 35.0 Å². The second-order valence-electron chi connectivity index (χ2n) is 7.45. The molecule has 2 fully saturated rings. The standard InChI is InChI=1S/C19H25N5O/c1-22-12-17(11-21-22)13-23-9-2-5-19(15-23)6-10-24(18(19)25)14-16-3-7-20-8-4-16/h3-4,7-8,11-12H,2,5-6,9-10,13-15H2,1H3/t19-/m1/s1. The van der Waals surface area contributed by atoms with E-state index in [2.05, 4.69) is 21.2 Å². The summed E-state index contributed by atoms with van der Waals surface area (Å²) in [6.07, 6.45) is 10.7. The lowest BCUT2D eigenvalue weighted by molar-refractivity contribution is -0.139. The number of piperidine rings is 1. The first kappa shape index (κ1) is 16.3. The average molecular weight is 339 g/mol. The zero-order chi connectivity index (χ0) is 17.3. The average Bonchev–Trinajstić information content (AvgIpc) is 3.15. The highest BCUT2D eigenvalue weighted by atomic mass is 16.2. The van der Waals surface area contributed by atoms with Gasteiger partial charge in [-0.25, -0.2) is 0 Å². The molecule has 0 saturated carbocycles. The van der Waals surface area contributed by atoms with Crippen molar-refractivity contribution in [3.8, 4) is 0 Å². The lowest BCUT2D eigenvalue weighted by Gasteiger charge is -2.39. The highest BCUT2D eigenvalue weighted by Crippen LogP contribution is 2.41. The Hall–Kier alpha value is -2.21. The second-order valence-corrected chi connectivity index (χ2v) is 7.45. The summed E-state index contributed by atoms with van der Waals surface area (Å²) < 4.78 is 1.84. The number of hydrogen-bond donors (Lipinski definition) is 0. The maximum absolute atomic E-state index is 13.2. The predicted molar refractivity (Wildman–Crippen MR) is 94.4 cm³/mol. The van der Waals surface area contributed by atoms with Crippen LogP contribution in [0.2, 0.25) is 0 Å². The molecule has 2 aromatic rings. The maximum atomic E-state index is 13.2. The van der Waals surface area contributed by atoms with Crippen molar-refractivity contribution in [2.45, 2.75) is 32.4 Å². The highest BCUT2D eigenvalue weighted by Gasteiger charge is 2.48. The molecule has 2 aliphatic rings. The zero-order valence-corrected chi connectivity index (χ0v) is 14.8. The Kier molecular flexibility index (Phi) is 4.29. The first-order chi connectivity index (χ1) is 12.1. The number of hydrogen-bond acceptors (Lipinski definition) is 4. The van der Waals surface area contributed by atoms with Gasteiger partial charge in [0, 0.05) is 57.4 Å². The lowest BCUT2D eigenvalue weighted by atomic mass is 9.78. The van der Waals surface area contributed by atoms with E-state index in [1.54, 1.807) is 12.4 Å². The number of amides is 1. The second kappa shape index (κ2) is 6.59. The largest absolute Gasteiger partial charge is 0.338 e. The van der Waals surface area contributed by atoms with E-state index in [9.17, 15) is 4.79 Å². The van der Waals surface area contributed by atoms with Crippen molar-refractivity contribution in [3.63, 3.8) is 0 Å². The third kappa shape index (κ3) is 3.31. The first-order valence-electron chi connectivity index (χ1n) is 9.03. The molecule has 0 radical (unpaired) electrons. The Morgan fingerprint density at radius 3 is 2.72 bits per heavy atom. The van der Waals surface area contributed by atoms with Crippen LogP contribution < -0.4 is 0 Å². The molecular formula is C19H25N5O. The van der Waals surface area contributed by atoms with Gasteiger partial charge in [0.2, 0.25) is 5.91 Å². The van der Waals surface area contributed by atoms with E-state index in [-0.39, 0.29) is 5.41 Å². The van der Waals surface area contributed by atoms with Crippen molar-refractivity contribution in [3.05, 3.63) is 48.0 Å². The molecule has 2 aliphatic heterocycles. The molecule has 2 aromatic heterocycles. The summed E-state index contributed by atoms with van der Waals surface area (Å²) in [6, 6.07) is 3.99. The van der Waals surface area contributed by atoms with Gasteiger partial charge in [-0.15, -0.1) is 0 Å². The van der Waals surface area contributed by atoms with Crippen molar-refractivity contribution >= 4 is 5.91 Å². The molecule has 2 saturated heterocycles. The summed E-state index contributed by atoms with van der Waals surface area (Å²) in [5.41, 5.74) is 2.19. The summed E-state index contributed by atoms with van der Waals surface area (Å²) in [5.74, 6) is 0.334. The Morgan fingerprint density at radius 1 is 1.12 bits per heavy atom. The Labute approximate surface area is 148 Å². The van der Waals surface area contributed by atoms with E-state index in [0.29, 0.717) is 12.5 Å². The van der Waals surface area contributed by atoms with Gasteiger partial charge in [0.25, 0.3) is 0 Å². The van der Waals surface area contributed by atoms with Crippen LogP contribution in [0.4, 0.5) is 0 Å². The minimum Gasteiger partial charge on any atom is -0.338 e. The van der Waals surface area contributed by atoms with Crippen molar-refractivity contribution < 1.29 is 4.79 Å². The third-order valence-corrected chi connectivity index (χ3v) is 5.54. The van der Waals surface area contributed by atoms with E-state index in [0.717, 1.165) is 51.0 Å². The van der Waals surface area contributed by atoms with Crippen LogP contribution in [0.5, 0.6) is 0 Å². The summed E-state index contributed by atoms with van der Waals surface area (Å²) in [6.45, 7) is 4.38. The number of carbonyl (C=O) groups excluding carboxylic acids is 1.